The maximum absolute atomic E-state index is 13.2. The fourth-order valence-corrected chi connectivity index (χ4v) is 4.02. The third-order valence-corrected chi connectivity index (χ3v) is 5.82. The van der Waals surface area contributed by atoms with Gasteiger partial charge in [-0.3, -0.25) is 23.6 Å². The van der Waals surface area contributed by atoms with Crippen molar-refractivity contribution in [2.45, 2.75) is 20.0 Å². The van der Waals surface area contributed by atoms with E-state index in [-0.39, 0.29) is 36.8 Å². The Hall–Kier alpha value is -3.79. The van der Waals surface area contributed by atoms with Gasteiger partial charge in [-0.2, -0.15) is 0 Å². The second kappa shape index (κ2) is 9.78. The Morgan fingerprint density at radius 3 is 2.27 bits per heavy atom. The van der Waals surface area contributed by atoms with Crippen molar-refractivity contribution in [2.75, 3.05) is 43.4 Å². The standard InChI is InChI=1S/C23H27N7O3/c1-2-29-21(32)19(20(24)30(23(29)33)15-17-7-4-3-5-8-17)18(31)16-27-11-13-28(14-12-27)22-25-9-6-10-26-22/h3-10H,2,11-16,24H2,1H3. The zero-order chi connectivity index (χ0) is 23.4. The predicted molar refractivity (Wildman–Crippen MR) is 126 cm³/mol. The quantitative estimate of drug-likeness (QED) is 0.517. The molecule has 2 aromatic heterocycles. The van der Waals surface area contributed by atoms with Gasteiger partial charge in [0.1, 0.15) is 11.4 Å². The average molecular weight is 450 g/mol. The Morgan fingerprint density at radius 1 is 0.970 bits per heavy atom. The van der Waals surface area contributed by atoms with Gasteiger partial charge in [0.05, 0.1) is 13.1 Å². The fourth-order valence-electron chi connectivity index (χ4n) is 4.02. The first-order chi connectivity index (χ1) is 16.0. The Labute approximate surface area is 190 Å². The van der Waals surface area contributed by atoms with Crippen molar-refractivity contribution in [3.63, 3.8) is 0 Å². The first-order valence-electron chi connectivity index (χ1n) is 10.9. The number of Topliss-reactive ketones (excluding diaryl/α,β-unsaturated/α-hetero) is 1. The van der Waals surface area contributed by atoms with E-state index in [1.165, 1.54) is 4.57 Å². The molecule has 0 saturated carbocycles. The first kappa shape index (κ1) is 22.4. The van der Waals surface area contributed by atoms with Gasteiger partial charge in [-0.05, 0) is 18.6 Å². The molecule has 1 fully saturated rings. The third kappa shape index (κ3) is 4.70. The fraction of sp³-hybridized carbons (Fsp3) is 0.348. The molecule has 0 spiro atoms. The van der Waals surface area contributed by atoms with Gasteiger partial charge in [0.15, 0.2) is 5.78 Å². The number of nitrogens with two attached hydrogens (primary N) is 1. The maximum Gasteiger partial charge on any atom is 0.332 e. The highest BCUT2D eigenvalue weighted by Crippen LogP contribution is 2.13. The van der Waals surface area contributed by atoms with Gasteiger partial charge in [0.2, 0.25) is 5.95 Å². The molecule has 0 amide bonds. The van der Waals surface area contributed by atoms with E-state index >= 15 is 0 Å². The van der Waals surface area contributed by atoms with Gasteiger partial charge in [-0.25, -0.2) is 14.8 Å². The Morgan fingerprint density at radius 2 is 1.64 bits per heavy atom. The third-order valence-electron chi connectivity index (χ3n) is 5.82. The van der Waals surface area contributed by atoms with Crippen LogP contribution in [0, 0.1) is 0 Å². The molecule has 3 heterocycles. The van der Waals surface area contributed by atoms with Crippen molar-refractivity contribution in [3.8, 4) is 0 Å². The second-order valence-corrected chi connectivity index (χ2v) is 7.90. The van der Waals surface area contributed by atoms with E-state index in [0.29, 0.717) is 32.1 Å². The Balaban J connectivity index is 1.55. The monoisotopic (exact) mass is 449 g/mol. The lowest BCUT2D eigenvalue weighted by Crippen LogP contribution is -2.50. The number of nitrogens with zero attached hydrogens (tertiary/aromatic N) is 6. The molecule has 0 bridgehead atoms. The predicted octanol–water partition coefficient (Wildman–Crippen LogP) is 0.455. The summed E-state index contributed by atoms with van der Waals surface area (Å²) in [6.45, 7) is 4.66. The number of piperazine rings is 1. The zero-order valence-corrected chi connectivity index (χ0v) is 18.6. The van der Waals surface area contributed by atoms with E-state index in [4.69, 9.17) is 5.73 Å². The van der Waals surface area contributed by atoms with Crippen molar-refractivity contribution in [3.05, 3.63) is 80.8 Å². The van der Waals surface area contributed by atoms with Gasteiger partial charge in [-0.1, -0.05) is 30.3 Å². The number of ketones is 1. The highest BCUT2D eigenvalue weighted by Gasteiger charge is 2.26. The molecule has 1 aromatic carbocycles. The number of nitrogen functional groups attached to an aromatic ring is 1. The van der Waals surface area contributed by atoms with Gasteiger partial charge < -0.3 is 10.6 Å². The van der Waals surface area contributed by atoms with Crippen LogP contribution in [-0.4, -0.2) is 62.5 Å². The SMILES string of the molecule is CCn1c(=O)c(C(=O)CN2CCN(c3ncccn3)CC2)c(N)n(Cc2ccccc2)c1=O. The number of benzene rings is 1. The molecule has 3 aromatic rings. The van der Waals surface area contributed by atoms with Gasteiger partial charge in [0, 0.05) is 45.1 Å². The molecule has 1 saturated heterocycles. The minimum atomic E-state index is -0.634. The molecular weight excluding hydrogens is 422 g/mol. The van der Waals surface area contributed by atoms with Crippen molar-refractivity contribution in [2.24, 2.45) is 0 Å². The summed E-state index contributed by atoms with van der Waals surface area (Å²) in [5, 5.41) is 0. The summed E-state index contributed by atoms with van der Waals surface area (Å²) < 4.78 is 2.37. The molecule has 2 N–H and O–H groups in total. The van der Waals surface area contributed by atoms with Gasteiger partial charge in [-0.15, -0.1) is 0 Å². The summed E-state index contributed by atoms with van der Waals surface area (Å²) in [4.78, 5) is 51.6. The molecule has 172 valence electrons. The lowest BCUT2D eigenvalue weighted by atomic mass is 10.1. The molecule has 1 aliphatic heterocycles. The van der Waals surface area contributed by atoms with Crippen molar-refractivity contribution in [1.82, 2.24) is 24.0 Å². The van der Waals surface area contributed by atoms with E-state index in [0.717, 1.165) is 10.1 Å². The van der Waals surface area contributed by atoms with Crippen LogP contribution in [0.25, 0.3) is 0 Å². The topological polar surface area (TPSA) is 119 Å². The molecule has 0 atom stereocenters. The summed E-state index contributed by atoms with van der Waals surface area (Å²) in [5.41, 5.74) is 5.82. The highest BCUT2D eigenvalue weighted by atomic mass is 16.2. The van der Waals surface area contributed by atoms with Crippen LogP contribution in [0.5, 0.6) is 0 Å². The van der Waals surface area contributed by atoms with E-state index in [1.807, 2.05) is 35.2 Å². The number of aromatic nitrogens is 4. The largest absolute Gasteiger partial charge is 0.384 e. The van der Waals surface area contributed by atoms with E-state index in [9.17, 15) is 14.4 Å². The van der Waals surface area contributed by atoms with Crippen molar-refractivity contribution < 1.29 is 4.79 Å². The molecule has 0 unspecified atom stereocenters. The van der Waals surface area contributed by atoms with Crippen LogP contribution in [0.1, 0.15) is 22.8 Å². The zero-order valence-electron chi connectivity index (χ0n) is 18.6. The molecular formula is C23H27N7O3. The summed E-state index contributed by atoms with van der Waals surface area (Å²) in [5.74, 6) is 0.192. The van der Waals surface area contributed by atoms with Crippen LogP contribution in [-0.2, 0) is 13.1 Å². The molecule has 4 rings (SSSR count). The molecule has 0 radical (unpaired) electrons. The molecule has 1 aliphatic rings. The van der Waals surface area contributed by atoms with Crippen molar-refractivity contribution in [1.29, 1.82) is 0 Å². The number of hydrogen-bond acceptors (Lipinski definition) is 8. The second-order valence-electron chi connectivity index (χ2n) is 7.90. The van der Waals surface area contributed by atoms with Gasteiger partial charge in [0.25, 0.3) is 5.56 Å². The highest BCUT2D eigenvalue weighted by molar-refractivity contribution is 6.01. The van der Waals surface area contributed by atoms with E-state index in [2.05, 4.69) is 14.9 Å². The number of carbonyl (C=O) groups excluding carboxylic acids is 1. The smallest absolute Gasteiger partial charge is 0.332 e. The number of anilines is 2. The van der Waals surface area contributed by atoms with Gasteiger partial charge >= 0.3 is 5.69 Å². The summed E-state index contributed by atoms with van der Waals surface area (Å²) in [6.07, 6.45) is 3.40. The minimum Gasteiger partial charge on any atom is -0.384 e. The summed E-state index contributed by atoms with van der Waals surface area (Å²) in [7, 11) is 0. The Bertz CT molecular complexity index is 1230. The molecule has 10 nitrogen and oxygen atoms in total. The van der Waals surface area contributed by atoms with Crippen LogP contribution < -0.4 is 21.9 Å². The Kier molecular flexibility index (Phi) is 6.64. The minimum absolute atomic E-state index is 0.0518. The number of rotatable bonds is 7. The number of hydrogen-bond donors (Lipinski definition) is 1. The molecule has 10 heteroatoms. The first-order valence-corrected chi connectivity index (χ1v) is 10.9. The number of carbonyl (C=O) groups is 1. The average Bonchev–Trinajstić information content (AvgIpc) is 2.84. The normalized spacial score (nSPS) is 14.4. The van der Waals surface area contributed by atoms with Crippen LogP contribution >= 0.6 is 0 Å². The lowest BCUT2D eigenvalue weighted by Gasteiger charge is -2.34. The van der Waals surface area contributed by atoms with Crippen LogP contribution in [0.3, 0.4) is 0 Å². The van der Waals surface area contributed by atoms with Crippen LogP contribution in [0.2, 0.25) is 0 Å². The van der Waals surface area contributed by atoms with Crippen LogP contribution in [0.15, 0.2) is 58.4 Å². The summed E-state index contributed by atoms with van der Waals surface area (Å²) in [6, 6.07) is 11.1. The van der Waals surface area contributed by atoms with E-state index in [1.54, 1.807) is 25.4 Å². The molecule has 0 aliphatic carbocycles. The lowest BCUT2D eigenvalue weighted by molar-refractivity contribution is 0.0924. The molecule has 33 heavy (non-hydrogen) atoms. The van der Waals surface area contributed by atoms with Crippen LogP contribution in [0.4, 0.5) is 11.8 Å². The maximum atomic E-state index is 13.2. The van der Waals surface area contributed by atoms with E-state index < -0.39 is 11.2 Å². The van der Waals surface area contributed by atoms with Crippen molar-refractivity contribution >= 4 is 17.5 Å². The summed E-state index contributed by atoms with van der Waals surface area (Å²) >= 11 is 0.